The third-order valence-electron chi connectivity index (χ3n) is 6.37. The van der Waals surface area contributed by atoms with E-state index in [2.05, 4.69) is 25.0 Å². The van der Waals surface area contributed by atoms with Crippen molar-refractivity contribution in [3.05, 3.63) is 54.3 Å². The van der Waals surface area contributed by atoms with Crippen molar-refractivity contribution < 1.29 is 18.7 Å². The average Bonchev–Trinajstić information content (AvgIpc) is 3.63. The second-order valence-corrected chi connectivity index (χ2v) is 8.53. The van der Waals surface area contributed by atoms with Crippen molar-refractivity contribution in [2.24, 2.45) is 0 Å². The summed E-state index contributed by atoms with van der Waals surface area (Å²) in [6, 6.07) is 7.56. The summed E-state index contributed by atoms with van der Waals surface area (Å²) in [5, 5.41) is 13.4. The van der Waals surface area contributed by atoms with Crippen LogP contribution in [0, 0.1) is 5.82 Å². The van der Waals surface area contributed by atoms with Crippen LogP contribution in [0.5, 0.6) is 0 Å². The van der Waals surface area contributed by atoms with E-state index < -0.39 is 11.8 Å². The molecule has 184 valence electrons. The number of nitrogen functional groups attached to an aromatic ring is 1. The van der Waals surface area contributed by atoms with Crippen LogP contribution in [0.4, 0.5) is 16.0 Å². The van der Waals surface area contributed by atoms with Crippen LogP contribution in [0.2, 0.25) is 0 Å². The van der Waals surface area contributed by atoms with E-state index >= 15 is 0 Å². The topological polar surface area (TPSA) is 144 Å². The van der Waals surface area contributed by atoms with E-state index in [0.29, 0.717) is 53.7 Å². The maximum atomic E-state index is 14.4. The van der Waals surface area contributed by atoms with Crippen molar-refractivity contribution in [1.82, 2.24) is 34.0 Å². The molecule has 4 aromatic heterocycles. The molecule has 0 radical (unpaired) electrons. The summed E-state index contributed by atoms with van der Waals surface area (Å²) in [6.07, 6.45) is 3.27. The van der Waals surface area contributed by atoms with E-state index in [1.807, 2.05) is 9.47 Å². The van der Waals surface area contributed by atoms with Gasteiger partial charge in [-0.1, -0.05) is 0 Å². The summed E-state index contributed by atoms with van der Waals surface area (Å²) in [6.45, 7) is 4.13. The van der Waals surface area contributed by atoms with Gasteiger partial charge in [0.1, 0.15) is 5.82 Å². The normalized spacial score (nSPS) is 14.8. The number of furan rings is 1. The predicted octanol–water partition coefficient (Wildman–Crippen LogP) is 1.98. The number of nitrogens with zero attached hydrogens (tertiary/aromatic N) is 8. The highest BCUT2D eigenvalue weighted by molar-refractivity contribution is 5.88. The number of anilines is 2. The van der Waals surface area contributed by atoms with Gasteiger partial charge in [0, 0.05) is 39.3 Å². The van der Waals surface area contributed by atoms with Crippen molar-refractivity contribution in [1.29, 1.82) is 0 Å². The molecular weight excluding hydrogens is 469 g/mol. The van der Waals surface area contributed by atoms with Gasteiger partial charge in [-0.25, -0.2) is 19.2 Å². The zero-order chi connectivity index (χ0) is 24.8. The van der Waals surface area contributed by atoms with Gasteiger partial charge in [0.15, 0.2) is 22.6 Å². The molecule has 6 rings (SSSR count). The second kappa shape index (κ2) is 8.61. The summed E-state index contributed by atoms with van der Waals surface area (Å²) in [7, 11) is 0. The summed E-state index contributed by atoms with van der Waals surface area (Å²) >= 11 is 0. The second-order valence-electron chi connectivity index (χ2n) is 8.53. The smallest absolute Gasteiger partial charge is 0.335 e. The number of hydrogen-bond acceptors (Lipinski definition) is 9. The Labute approximate surface area is 203 Å². The van der Waals surface area contributed by atoms with Crippen molar-refractivity contribution >= 4 is 34.4 Å². The lowest BCUT2D eigenvalue weighted by atomic mass is 10.1. The number of halogens is 1. The van der Waals surface area contributed by atoms with Gasteiger partial charge in [-0.2, -0.15) is 9.50 Å². The Morgan fingerprint density at radius 2 is 1.94 bits per heavy atom. The van der Waals surface area contributed by atoms with Crippen LogP contribution in [0.25, 0.3) is 28.4 Å². The van der Waals surface area contributed by atoms with Gasteiger partial charge >= 0.3 is 5.97 Å². The number of nitrogens with two attached hydrogens (primary N) is 1. The molecule has 0 amide bonds. The molecule has 5 aromatic rings. The fraction of sp³-hybridized carbons (Fsp3) is 0.261. The molecule has 12 nitrogen and oxygen atoms in total. The van der Waals surface area contributed by atoms with Crippen molar-refractivity contribution in [3.8, 4) is 11.6 Å². The number of carboxylic acids is 1. The first-order valence-electron chi connectivity index (χ1n) is 11.4. The Hall–Kier alpha value is -4.52. The van der Waals surface area contributed by atoms with Crippen molar-refractivity contribution in [2.45, 2.75) is 6.54 Å². The molecule has 0 spiro atoms. The Morgan fingerprint density at radius 3 is 2.67 bits per heavy atom. The highest BCUT2D eigenvalue weighted by Gasteiger charge is 2.22. The van der Waals surface area contributed by atoms with Gasteiger partial charge in [0.2, 0.25) is 11.8 Å². The lowest BCUT2D eigenvalue weighted by Gasteiger charge is -2.36. The highest BCUT2D eigenvalue weighted by atomic mass is 19.1. The van der Waals surface area contributed by atoms with E-state index in [9.17, 15) is 9.18 Å². The Bertz CT molecular complexity index is 1570. The third kappa shape index (κ3) is 3.79. The molecule has 0 saturated carbocycles. The molecule has 0 aliphatic carbocycles. The summed E-state index contributed by atoms with van der Waals surface area (Å²) in [5.41, 5.74) is 8.25. The van der Waals surface area contributed by atoms with Crippen molar-refractivity contribution in [3.63, 3.8) is 0 Å². The number of carbonyl (C=O) groups is 1. The van der Waals surface area contributed by atoms with Crippen LogP contribution < -0.4 is 10.6 Å². The zero-order valence-corrected chi connectivity index (χ0v) is 19.1. The molecule has 0 unspecified atom stereocenters. The van der Waals surface area contributed by atoms with Gasteiger partial charge in [0.05, 0.1) is 23.8 Å². The van der Waals surface area contributed by atoms with Gasteiger partial charge < -0.3 is 24.7 Å². The van der Waals surface area contributed by atoms with E-state index in [4.69, 9.17) is 15.3 Å². The highest BCUT2D eigenvalue weighted by Crippen LogP contribution is 2.24. The first-order valence-corrected chi connectivity index (χ1v) is 11.4. The maximum absolute atomic E-state index is 14.4. The van der Waals surface area contributed by atoms with Crippen LogP contribution in [-0.2, 0) is 6.54 Å². The molecule has 1 fully saturated rings. The number of hydrogen-bond donors (Lipinski definition) is 2. The van der Waals surface area contributed by atoms with Crippen LogP contribution in [0.1, 0.15) is 10.4 Å². The van der Waals surface area contributed by atoms with Crippen LogP contribution in [-0.4, -0.2) is 77.8 Å². The molecule has 5 heterocycles. The van der Waals surface area contributed by atoms with Crippen LogP contribution >= 0.6 is 0 Å². The number of aromatic carboxylic acids is 1. The monoisotopic (exact) mass is 491 g/mol. The number of aromatic nitrogens is 6. The average molecular weight is 491 g/mol. The molecule has 0 bridgehead atoms. The predicted molar refractivity (Wildman–Crippen MR) is 128 cm³/mol. The summed E-state index contributed by atoms with van der Waals surface area (Å²) in [5.74, 6) is -0.526. The Kier molecular flexibility index (Phi) is 5.25. The first kappa shape index (κ1) is 22.0. The molecule has 0 atom stereocenters. The number of benzene rings is 1. The molecule has 3 N–H and O–H groups in total. The molecule has 13 heteroatoms. The van der Waals surface area contributed by atoms with E-state index in [1.165, 1.54) is 16.6 Å². The lowest BCUT2D eigenvalue weighted by Crippen LogP contribution is -2.47. The van der Waals surface area contributed by atoms with Gasteiger partial charge in [-0.3, -0.25) is 4.90 Å². The fourth-order valence-corrected chi connectivity index (χ4v) is 4.46. The standard InChI is InChI=1S/C23H22FN9O3/c24-15-12-14(22(34)35)3-4-16(15)31-8-5-30(6-9-31)7-10-32-13-26-18-20(32)28-23(25)33-21(18)27-19(29-33)17-2-1-11-36-17/h1-4,11-13H,5-10H2,(H2,25,28)(H,34,35). The Morgan fingerprint density at radius 1 is 1.11 bits per heavy atom. The minimum absolute atomic E-state index is 0.0581. The largest absolute Gasteiger partial charge is 0.478 e. The third-order valence-corrected chi connectivity index (χ3v) is 6.37. The number of rotatable bonds is 6. The summed E-state index contributed by atoms with van der Waals surface area (Å²) < 4.78 is 23.2. The molecular formula is C23H22FN9O3. The number of fused-ring (bicyclic) bond motifs is 3. The van der Waals surface area contributed by atoms with Crippen LogP contribution in [0.15, 0.2) is 47.3 Å². The lowest BCUT2D eigenvalue weighted by molar-refractivity contribution is 0.0696. The van der Waals surface area contributed by atoms with Crippen molar-refractivity contribution in [2.75, 3.05) is 43.4 Å². The maximum Gasteiger partial charge on any atom is 0.335 e. The molecule has 1 aliphatic heterocycles. The van der Waals surface area contributed by atoms with E-state index in [1.54, 1.807) is 24.7 Å². The molecule has 36 heavy (non-hydrogen) atoms. The summed E-state index contributed by atoms with van der Waals surface area (Å²) in [4.78, 5) is 28.8. The van der Waals surface area contributed by atoms with E-state index in [0.717, 1.165) is 25.7 Å². The minimum Gasteiger partial charge on any atom is -0.478 e. The molecule has 1 saturated heterocycles. The number of carboxylic acid groups (broad SMARTS) is 1. The first-order chi connectivity index (χ1) is 17.5. The SMILES string of the molecule is Nc1nc2c(ncn2CCN2CCN(c3ccc(C(=O)O)cc3F)CC2)c2nc(-c3ccco3)nn12. The minimum atomic E-state index is -1.14. The van der Waals surface area contributed by atoms with Crippen LogP contribution in [0.3, 0.4) is 0 Å². The molecule has 1 aliphatic rings. The van der Waals surface area contributed by atoms with Gasteiger partial charge in [-0.05, 0) is 30.3 Å². The Balaban J connectivity index is 1.14. The fourth-order valence-electron chi connectivity index (χ4n) is 4.46. The van der Waals surface area contributed by atoms with Gasteiger partial charge in [-0.15, -0.1) is 5.10 Å². The zero-order valence-electron chi connectivity index (χ0n) is 19.1. The van der Waals surface area contributed by atoms with E-state index in [-0.39, 0.29) is 11.5 Å². The number of imidazole rings is 1. The van der Waals surface area contributed by atoms with Gasteiger partial charge in [0.25, 0.3) is 0 Å². The number of piperazine rings is 1. The quantitative estimate of drug-likeness (QED) is 0.362. The molecule has 1 aromatic carbocycles.